The molecule has 0 unspecified atom stereocenters. The van der Waals surface area contributed by atoms with E-state index in [1.54, 1.807) is 31.4 Å². The third-order valence-electron chi connectivity index (χ3n) is 2.36. The molecule has 1 aromatic rings. The molecule has 0 N–H and O–H groups in total. The minimum absolute atomic E-state index is 0.0181. The van der Waals surface area contributed by atoms with E-state index >= 15 is 0 Å². The molecule has 0 spiro atoms. The number of ether oxygens (including phenoxy) is 3. The maximum atomic E-state index is 11.7. The SMILES string of the molecule is CCOc1ccc(C(=O)COCCCOC)cc1. The van der Waals surface area contributed by atoms with Crippen LogP contribution in [0.5, 0.6) is 5.75 Å². The lowest BCUT2D eigenvalue weighted by Gasteiger charge is -2.05. The van der Waals surface area contributed by atoms with E-state index in [1.807, 2.05) is 6.92 Å². The number of Topliss-reactive ketones (excluding diaryl/α,β-unsaturated/α-hetero) is 1. The molecule has 100 valence electrons. The smallest absolute Gasteiger partial charge is 0.188 e. The van der Waals surface area contributed by atoms with Crippen molar-refractivity contribution < 1.29 is 19.0 Å². The van der Waals surface area contributed by atoms with Gasteiger partial charge in [0.05, 0.1) is 6.61 Å². The number of methoxy groups -OCH3 is 1. The van der Waals surface area contributed by atoms with E-state index in [0.29, 0.717) is 25.4 Å². The summed E-state index contributed by atoms with van der Waals surface area (Å²) in [4.78, 5) is 11.7. The summed E-state index contributed by atoms with van der Waals surface area (Å²) in [7, 11) is 1.64. The number of carbonyl (C=O) groups is 1. The lowest BCUT2D eigenvalue weighted by Crippen LogP contribution is -2.10. The summed E-state index contributed by atoms with van der Waals surface area (Å²) < 4.78 is 15.5. The average molecular weight is 252 g/mol. The van der Waals surface area contributed by atoms with Crippen LogP contribution in [0.1, 0.15) is 23.7 Å². The van der Waals surface area contributed by atoms with Gasteiger partial charge in [-0.1, -0.05) is 0 Å². The molecule has 0 bridgehead atoms. The molecule has 0 saturated heterocycles. The van der Waals surface area contributed by atoms with Crippen LogP contribution in [0.3, 0.4) is 0 Å². The van der Waals surface area contributed by atoms with Gasteiger partial charge < -0.3 is 14.2 Å². The van der Waals surface area contributed by atoms with Crippen molar-refractivity contribution in [1.82, 2.24) is 0 Å². The van der Waals surface area contributed by atoms with Gasteiger partial charge in [0, 0.05) is 25.9 Å². The first-order valence-electron chi connectivity index (χ1n) is 6.10. The Bertz CT molecular complexity index is 345. The van der Waals surface area contributed by atoms with Gasteiger partial charge in [-0.15, -0.1) is 0 Å². The summed E-state index contributed by atoms with van der Waals surface area (Å²) in [6.45, 7) is 3.84. The second-order valence-corrected chi connectivity index (χ2v) is 3.78. The molecule has 0 radical (unpaired) electrons. The van der Waals surface area contributed by atoms with Crippen LogP contribution in [0.4, 0.5) is 0 Å². The molecule has 0 aliphatic rings. The normalized spacial score (nSPS) is 10.3. The molecule has 4 heteroatoms. The van der Waals surface area contributed by atoms with Crippen LogP contribution in [0.2, 0.25) is 0 Å². The molecule has 1 aromatic carbocycles. The van der Waals surface area contributed by atoms with Gasteiger partial charge in [0.1, 0.15) is 12.4 Å². The minimum Gasteiger partial charge on any atom is -0.494 e. The molecule has 0 atom stereocenters. The van der Waals surface area contributed by atoms with E-state index in [4.69, 9.17) is 14.2 Å². The Morgan fingerprint density at radius 2 is 1.89 bits per heavy atom. The summed E-state index contributed by atoms with van der Waals surface area (Å²) in [5.41, 5.74) is 0.644. The van der Waals surface area contributed by atoms with Crippen LogP contribution in [0.15, 0.2) is 24.3 Å². The van der Waals surface area contributed by atoms with Crippen molar-refractivity contribution in [3.8, 4) is 5.75 Å². The lowest BCUT2D eigenvalue weighted by molar-refractivity contribution is 0.0705. The maximum Gasteiger partial charge on any atom is 0.188 e. The molecule has 0 aromatic heterocycles. The van der Waals surface area contributed by atoms with Gasteiger partial charge in [-0.3, -0.25) is 4.79 Å². The summed E-state index contributed by atoms with van der Waals surface area (Å²) >= 11 is 0. The van der Waals surface area contributed by atoms with Gasteiger partial charge in [0.15, 0.2) is 5.78 Å². The Morgan fingerprint density at radius 3 is 2.50 bits per heavy atom. The third-order valence-corrected chi connectivity index (χ3v) is 2.36. The first kappa shape index (κ1) is 14.7. The van der Waals surface area contributed by atoms with Crippen LogP contribution in [0, 0.1) is 0 Å². The first-order valence-corrected chi connectivity index (χ1v) is 6.10. The summed E-state index contributed by atoms with van der Waals surface area (Å²) in [5.74, 6) is 0.755. The van der Waals surface area contributed by atoms with E-state index in [-0.39, 0.29) is 12.4 Å². The summed E-state index contributed by atoms with van der Waals surface area (Å²) in [6.07, 6.45) is 0.799. The van der Waals surface area contributed by atoms with Gasteiger partial charge in [-0.2, -0.15) is 0 Å². The summed E-state index contributed by atoms with van der Waals surface area (Å²) in [6, 6.07) is 7.10. The molecule has 0 aliphatic heterocycles. The van der Waals surface area contributed by atoms with Gasteiger partial charge in [0.25, 0.3) is 0 Å². The standard InChI is InChI=1S/C14H20O4/c1-3-18-13-7-5-12(6-8-13)14(15)11-17-10-4-9-16-2/h5-8H,3-4,9-11H2,1-2H3. The van der Waals surface area contributed by atoms with E-state index in [0.717, 1.165) is 12.2 Å². The highest BCUT2D eigenvalue weighted by atomic mass is 16.5. The zero-order valence-electron chi connectivity index (χ0n) is 11.0. The molecular weight excluding hydrogens is 232 g/mol. The Labute approximate surface area is 108 Å². The monoisotopic (exact) mass is 252 g/mol. The molecule has 0 aliphatic carbocycles. The van der Waals surface area contributed by atoms with E-state index in [9.17, 15) is 4.79 Å². The maximum absolute atomic E-state index is 11.7. The Balaban J connectivity index is 2.32. The lowest BCUT2D eigenvalue weighted by atomic mass is 10.1. The highest BCUT2D eigenvalue weighted by molar-refractivity contribution is 5.97. The van der Waals surface area contributed by atoms with Gasteiger partial charge >= 0.3 is 0 Å². The van der Waals surface area contributed by atoms with Crippen molar-refractivity contribution in [1.29, 1.82) is 0 Å². The predicted molar refractivity (Wildman–Crippen MR) is 69.3 cm³/mol. The molecule has 4 nitrogen and oxygen atoms in total. The van der Waals surface area contributed by atoms with Crippen LogP contribution >= 0.6 is 0 Å². The number of benzene rings is 1. The van der Waals surface area contributed by atoms with Crippen molar-refractivity contribution in [2.45, 2.75) is 13.3 Å². The first-order chi connectivity index (χ1) is 8.77. The molecular formula is C14H20O4. The molecule has 0 fully saturated rings. The van der Waals surface area contributed by atoms with Gasteiger partial charge in [-0.25, -0.2) is 0 Å². The molecule has 18 heavy (non-hydrogen) atoms. The number of hydrogen-bond donors (Lipinski definition) is 0. The number of rotatable bonds is 9. The van der Waals surface area contributed by atoms with E-state index in [1.165, 1.54) is 0 Å². The second kappa shape index (κ2) is 8.66. The Kier molecular flexibility index (Phi) is 7.06. The molecule has 1 rings (SSSR count). The van der Waals surface area contributed by atoms with Crippen molar-refractivity contribution in [3.63, 3.8) is 0 Å². The zero-order chi connectivity index (χ0) is 13.2. The average Bonchev–Trinajstić information content (AvgIpc) is 2.39. The quantitative estimate of drug-likeness (QED) is 0.500. The van der Waals surface area contributed by atoms with Crippen LogP contribution in [0.25, 0.3) is 0 Å². The number of ketones is 1. The fourth-order valence-electron chi connectivity index (χ4n) is 1.46. The second-order valence-electron chi connectivity index (χ2n) is 3.78. The number of hydrogen-bond acceptors (Lipinski definition) is 4. The highest BCUT2D eigenvalue weighted by Gasteiger charge is 2.05. The predicted octanol–water partition coefficient (Wildman–Crippen LogP) is 2.32. The Hall–Kier alpha value is -1.39. The van der Waals surface area contributed by atoms with Gasteiger partial charge in [-0.05, 0) is 37.6 Å². The molecule has 0 heterocycles. The highest BCUT2D eigenvalue weighted by Crippen LogP contribution is 2.12. The van der Waals surface area contributed by atoms with Crippen LogP contribution < -0.4 is 4.74 Å². The van der Waals surface area contributed by atoms with Crippen molar-refractivity contribution in [3.05, 3.63) is 29.8 Å². The van der Waals surface area contributed by atoms with Crippen LogP contribution in [-0.2, 0) is 9.47 Å². The van der Waals surface area contributed by atoms with Crippen molar-refractivity contribution in [2.75, 3.05) is 33.5 Å². The van der Waals surface area contributed by atoms with Gasteiger partial charge in [0.2, 0.25) is 0 Å². The zero-order valence-corrected chi connectivity index (χ0v) is 11.0. The Morgan fingerprint density at radius 1 is 1.17 bits per heavy atom. The summed E-state index contributed by atoms with van der Waals surface area (Å²) in [5, 5.41) is 0. The largest absolute Gasteiger partial charge is 0.494 e. The molecule has 0 saturated carbocycles. The molecule has 0 amide bonds. The number of carbonyl (C=O) groups excluding carboxylic acids is 1. The fourth-order valence-corrected chi connectivity index (χ4v) is 1.46. The topological polar surface area (TPSA) is 44.8 Å². The minimum atomic E-state index is -0.0181. The van der Waals surface area contributed by atoms with E-state index in [2.05, 4.69) is 0 Å². The van der Waals surface area contributed by atoms with Crippen molar-refractivity contribution >= 4 is 5.78 Å². The van der Waals surface area contributed by atoms with Crippen molar-refractivity contribution in [2.24, 2.45) is 0 Å². The van der Waals surface area contributed by atoms with Crippen LogP contribution in [-0.4, -0.2) is 39.3 Å². The van der Waals surface area contributed by atoms with E-state index < -0.39 is 0 Å². The third kappa shape index (κ3) is 5.29. The fraction of sp³-hybridized carbons (Fsp3) is 0.500.